The Bertz CT molecular complexity index is 739. The summed E-state index contributed by atoms with van der Waals surface area (Å²) < 4.78 is 26.8. The van der Waals surface area contributed by atoms with Crippen molar-refractivity contribution in [3.63, 3.8) is 0 Å². The molecule has 0 saturated heterocycles. The Hall–Kier alpha value is -2.01. The van der Waals surface area contributed by atoms with E-state index in [-0.39, 0.29) is 5.75 Å². The largest absolute Gasteiger partial charge is 0.508 e. The number of thiazole rings is 1. The Balaban J connectivity index is 2.16. The van der Waals surface area contributed by atoms with Crippen molar-refractivity contribution in [2.45, 2.75) is 0 Å². The van der Waals surface area contributed by atoms with E-state index in [1.54, 1.807) is 12.1 Å². The topological polar surface area (TPSA) is 33.1 Å². The van der Waals surface area contributed by atoms with E-state index in [2.05, 4.69) is 4.98 Å². The van der Waals surface area contributed by atoms with Gasteiger partial charge in [0.05, 0.1) is 10.2 Å². The summed E-state index contributed by atoms with van der Waals surface area (Å²) in [5, 5.41) is 9.95. The highest BCUT2D eigenvalue weighted by Gasteiger charge is 2.09. The second-order valence-corrected chi connectivity index (χ2v) is 4.83. The van der Waals surface area contributed by atoms with E-state index in [1.807, 2.05) is 0 Å². The van der Waals surface area contributed by atoms with Crippen LogP contribution in [-0.4, -0.2) is 10.1 Å². The van der Waals surface area contributed by atoms with Crippen LogP contribution in [0.1, 0.15) is 0 Å². The zero-order valence-electron chi connectivity index (χ0n) is 9.02. The molecule has 90 valence electrons. The minimum atomic E-state index is -0.894. The van der Waals surface area contributed by atoms with Gasteiger partial charge in [-0.25, -0.2) is 13.8 Å². The number of phenolic OH excluding ortho intramolecular Hbond substituents is 1. The average Bonchev–Trinajstić information content (AvgIpc) is 2.75. The third-order valence-corrected chi connectivity index (χ3v) is 3.61. The Morgan fingerprint density at radius 1 is 1.00 bits per heavy atom. The van der Waals surface area contributed by atoms with Crippen molar-refractivity contribution < 1.29 is 13.9 Å². The highest BCUT2D eigenvalue weighted by molar-refractivity contribution is 7.21. The molecule has 1 N–H and O–H groups in total. The molecule has 0 radical (unpaired) electrons. The van der Waals surface area contributed by atoms with Crippen LogP contribution in [0.4, 0.5) is 8.78 Å². The summed E-state index contributed by atoms with van der Waals surface area (Å²) in [7, 11) is 0. The lowest BCUT2D eigenvalue weighted by atomic mass is 10.2. The molecule has 3 aromatic rings. The first-order chi connectivity index (χ1) is 8.63. The van der Waals surface area contributed by atoms with Crippen molar-refractivity contribution in [2.75, 3.05) is 0 Å². The van der Waals surface area contributed by atoms with Gasteiger partial charge in [0.25, 0.3) is 0 Å². The van der Waals surface area contributed by atoms with Gasteiger partial charge in [0.1, 0.15) is 10.8 Å². The van der Waals surface area contributed by atoms with Crippen molar-refractivity contribution in [3.05, 3.63) is 48.0 Å². The lowest BCUT2D eigenvalue weighted by Crippen LogP contribution is -1.84. The summed E-state index contributed by atoms with van der Waals surface area (Å²) in [6, 6.07) is 8.50. The molecule has 0 aliphatic carbocycles. The molecule has 0 saturated carbocycles. The number of aromatic hydroxyl groups is 1. The normalized spacial score (nSPS) is 11.0. The quantitative estimate of drug-likeness (QED) is 0.721. The van der Waals surface area contributed by atoms with Crippen molar-refractivity contribution in [3.8, 4) is 16.3 Å². The number of rotatable bonds is 1. The first-order valence-corrected chi connectivity index (χ1v) is 6.00. The van der Waals surface area contributed by atoms with Crippen LogP contribution in [0.25, 0.3) is 20.8 Å². The first-order valence-electron chi connectivity index (χ1n) is 5.18. The van der Waals surface area contributed by atoms with Gasteiger partial charge < -0.3 is 5.11 Å². The Morgan fingerprint density at radius 2 is 1.83 bits per heavy atom. The minimum Gasteiger partial charge on any atom is -0.508 e. The molecule has 0 aliphatic rings. The van der Waals surface area contributed by atoms with E-state index in [0.29, 0.717) is 10.6 Å². The van der Waals surface area contributed by atoms with Crippen LogP contribution in [0.2, 0.25) is 0 Å². The Morgan fingerprint density at radius 3 is 2.61 bits per heavy atom. The number of fused-ring (bicyclic) bond motifs is 1. The fourth-order valence-corrected chi connectivity index (χ4v) is 2.66. The number of phenols is 1. The van der Waals surface area contributed by atoms with Gasteiger partial charge in [0, 0.05) is 5.56 Å². The molecule has 0 unspecified atom stereocenters. The Labute approximate surface area is 105 Å². The smallest absolute Gasteiger partial charge is 0.159 e. The molecule has 3 rings (SSSR count). The summed E-state index contributed by atoms with van der Waals surface area (Å²) >= 11 is 1.32. The average molecular weight is 263 g/mol. The summed E-state index contributed by atoms with van der Waals surface area (Å²) in [6.07, 6.45) is 0. The zero-order chi connectivity index (χ0) is 12.7. The zero-order valence-corrected chi connectivity index (χ0v) is 9.84. The molecule has 0 fully saturated rings. The molecule has 2 nitrogen and oxygen atoms in total. The molecular formula is C13H7F2NOS. The number of aromatic nitrogens is 1. The van der Waals surface area contributed by atoms with Crippen LogP contribution in [0.3, 0.4) is 0 Å². The fraction of sp³-hybridized carbons (Fsp3) is 0. The van der Waals surface area contributed by atoms with Crippen molar-refractivity contribution in [2.24, 2.45) is 0 Å². The van der Waals surface area contributed by atoms with E-state index in [4.69, 9.17) is 0 Å². The Kier molecular flexibility index (Phi) is 2.48. The summed E-state index contributed by atoms with van der Waals surface area (Å²) in [6.45, 7) is 0. The second kappa shape index (κ2) is 4.03. The monoisotopic (exact) mass is 263 g/mol. The maximum Gasteiger partial charge on any atom is 0.159 e. The predicted molar refractivity (Wildman–Crippen MR) is 66.6 cm³/mol. The summed E-state index contributed by atoms with van der Waals surface area (Å²) in [5.41, 5.74) is 1.24. The maximum atomic E-state index is 13.1. The van der Waals surface area contributed by atoms with E-state index in [1.165, 1.54) is 23.5 Å². The molecule has 0 aliphatic heterocycles. The van der Waals surface area contributed by atoms with Crippen molar-refractivity contribution in [1.82, 2.24) is 4.98 Å². The summed E-state index contributed by atoms with van der Waals surface area (Å²) in [4.78, 5) is 4.31. The number of halogens is 2. The van der Waals surface area contributed by atoms with Gasteiger partial charge in [-0.1, -0.05) is 0 Å². The molecule has 0 atom stereocenters. The molecule has 1 aromatic heterocycles. The number of benzene rings is 2. The molecular weight excluding hydrogens is 256 g/mol. The molecule has 0 bridgehead atoms. The SMILES string of the molecule is Oc1ccc2nc(-c3ccc(F)c(F)c3)sc2c1. The second-order valence-electron chi connectivity index (χ2n) is 3.80. The van der Waals surface area contributed by atoms with Crippen LogP contribution >= 0.6 is 11.3 Å². The van der Waals surface area contributed by atoms with E-state index < -0.39 is 11.6 Å². The van der Waals surface area contributed by atoms with Crippen molar-refractivity contribution >= 4 is 21.6 Å². The van der Waals surface area contributed by atoms with Crippen LogP contribution in [-0.2, 0) is 0 Å². The third-order valence-electron chi connectivity index (χ3n) is 2.54. The van der Waals surface area contributed by atoms with Gasteiger partial charge >= 0.3 is 0 Å². The van der Waals surface area contributed by atoms with Crippen molar-refractivity contribution in [1.29, 1.82) is 0 Å². The maximum absolute atomic E-state index is 13.1. The highest BCUT2D eigenvalue weighted by Crippen LogP contribution is 2.32. The standard InChI is InChI=1S/C13H7F2NOS/c14-9-3-1-7(5-10(9)15)13-16-11-4-2-8(17)6-12(11)18-13/h1-6,17H. The van der Waals surface area contributed by atoms with Gasteiger partial charge in [0.2, 0.25) is 0 Å². The fourth-order valence-electron chi connectivity index (χ4n) is 1.67. The van der Waals surface area contributed by atoms with Gasteiger partial charge in [-0.05, 0) is 36.4 Å². The molecule has 1 heterocycles. The van der Waals surface area contributed by atoms with Gasteiger partial charge in [-0.2, -0.15) is 0 Å². The molecule has 2 aromatic carbocycles. The van der Waals surface area contributed by atoms with E-state index in [0.717, 1.165) is 22.3 Å². The third kappa shape index (κ3) is 1.82. The van der Waals surface area contributed by atoms with Gasteiger partial charge in [-0.15, -0.1) is 11.3 Å². The lowest BCUT2D eigenvalue weighted by Gasteiger charge is -1.96. The number of hydrogen-bond acceptors (Lipinski definition) is 3. The first kappa shape index (κ1) is 11.1. The van der Waals surface area contributed by atoms with Crippen LogP contribution in [0, 0.1) is 11.6 Å². The van der Waals surface area contributed by atoms with E-state index in [9.17, 15) is 13.9 Å². The minimum absolute atomic E-state index is 0.156. The van der Waals surface area contributed by atoms with Crippen LogP contribution in [0.5, 0.6) is 5.75 Å². The van der Waals surface area contributed by atoms with Crippen LogP contribution in [0.15, 0.2) is 36.4 Å². The molecule has 0 spiro atoms. The molecule has 18 heavy (non-hydrogen) atoms. The van der Waals surface area contributed by atoms with E-state index >= 15 is 0 Å². The molecule has 0 amide bonds. The molecule has 5 heteroatoms. The predicted octanol–water partition coefficient (Wildman–Crippen LogP) is 3.95. The van der Waals surface area contributed by atoms with Gasteiger partial charge in [0.15, 0.2) is 11.6 Å². The number of nitrogens with zero attached hydrogens (tertiary/aromatic N) is 1. The van der Waals surface area contributed by atoms with Gasteiger partial charge in [-0.3, -0.25) is 0 Å². The summed E-state index contributed by atoms with van der Waals surface area (Å²) in [5.74, 6) is -1.62. The number of hydrogen-bond donors (Lipinski definition) is 1. The highest BCUT2D eigenvalue weighted by atomic mass is 32.1. The lowest BCUT2D eigenvalue weighted by molar-refractivity contribution is 0.476. The van der Waals surface area contributed by atoms with Crippen LogP contribution < -0.4 is 0 Å².